The lowest BCUT2D eigenvalue weighted by Crippen LogP contribution is -2.05. The molecule has 0 atom stereocenters. The van der Waals surface area contributed by atoms with E-state index in [1.54, 1.807) is 76.2 Å². The van der Waals surface area contributed by atoms with Gasteiger partial charge >= 0.3 is 23.9 Å². The lowest BCUT2D eigenvalue weighted by atomic mass is 10.1. The van der Waals surface area contributed by atoms with Gasteiger partial charge in [-0.15, -0.1) is 0 Å². The smallest absolute Gasteiger partial charge is 0.338 e. The Morgan fingerprint density at radius 2 is 0.569 bits per heavy atom. The summed E-state index contributed by atoms with van der Waals surface area (Å²) in [5.74, 6) is -1.94. The number of rotatable bonds is 12. The van der Waals surface area contributed by atoms with Gasteiger partial charge in [-0.3, -0.25) is 0 Å². The Labute approximate surface area is 337 Å². The Kier molecular flexibility index (Phi) is 14.6. The molecule has 0 N–H and O–H groups in total. The fraction of sp³-hybridized carbons (Fsp3) is 0.217. The van der Waals surface area contributed by atoms with E-state index in [1.165, 1.54) is 12.1 Å². The van der Waals surface area contributed by atoms with E-state index >= 15 is 0 Å². The normalized spacial score (nSPS) is 11.0. The van der Waals surface area contributed by atoms with Crippen LogP contribution in [0.25, 0.3) is 22.3 Å². The first-order valence-electron chi connectivity index (χ1n) is 18.9. The summed E-state index contributed by atoms with van der Waals surface area (Å²) < 4.78 is 20.5. The van der Waals surface area contributed by atoms with Crippen molar-refractivity contribution in [3.8, 4) is 22.3 Å². The van der Waals surface area contributed by atoms with Crippen LogP contribution in [0.5, 0.6) is 0 Å². The molecular weight excluding hydrogens is 737 g/mol. The number of fused-ring (bicyclic) bond motifs is 2. The van der Waals surface area contributed by atoms with Crippen molar-refractivity contribution in [1.29, 1.82) is 0 Å². The monoisotopic (exact) mass is 780 g/mol. The number of aryl methyl sites for hydroxylation is 2. The number of hydrogen-bond acceptors (Lipinski definition) is 12. The van der Waals surface area contributed by atoms with E-state index in [4.69, 9.17) is 18.9 Å². The molecule has 12 heteroatoms. The zero-order valence-electron chi connectivity index (χ0n) is 33.3. The molecule has 0 aromatic heterocycles. The van der Waals surface area contributed by atoms with Crippen molar-refractivity contribution in [2.45, 2.75) is 41.5 Å². The van der Waals surface area contributed by atoms with E-state index in [9.17, 15) is 19.2 Å². The third-order valence-electron chi connectivity index (χ3n) is 8.61. The standard InChI is InChI=1S/2C23H22N2O4/c2*1-4-28-22(26)20-14-21(23(27)29-5-2)19-13-11-17(10-12-18(19)20)25-24-16-8-6-15(3)7-9-16/h2*6-14H,4-5H2,1-3H3. The summed E-state index contributed by atoms with van der Waals surface area (Å²) in [4.78, 5) is 49.4. The number of ether oxygens (including phenoxy) is 4. The van der Waals surface area contributed by atoms with Crippen molar-refractivity contribution in [1.82, 2.24) is 0 Å². The molecule has 0 heterocycles. The molecule has 58 heavy (non-hydrogen) atoms. The SMILES string of the molecule is CCOC(=O)c1cc(C(=O)OCC)c2ccc(N=Nc3ccc(C)cc3)ccc1-2.CCOC(=O)c1cc(C(=O)OCC)c2ccc(N=Nc3ccc(C)cc3)ccc1-2. The maximum absolute atomic E-state index is 12.4. The summed E-state index contributed by atoms with van der Waals surface area (Å²) in [6.45, 7) is 11.9. The Morgan fingerprint density at radius 3 is 0.776 bits per heavy atom. The Morgan fingerprint density at radius 1 is 0.362 bits per heavy atom. The maximum atomic E-state index is 12.4. The van der Waals surface area contributed by atoms with Gasteiger partial charge in [0.15, 0.2) is 0 Å². The molecule has 0 fully saturated rings. The molecule has 0 aliphatic heterocycles. The van der Waals surface area contributed by atoms with Crippen LogP contribution in [0.4, 0.5) is 22.7 Å². The second-order valence-corrected chi connectivity index (χ2v) is 12.7. The van der Waals surface area contributed by atoms with Gasteiger partial charge in [0.25, 0.3) is 0 Å². The Balaban J connectivity index is 0.000000221. The first-order chi connectivity index (χ1) is 28.1. The van der Waals surface area contributed by atoms with Gasteiger partial charge in [0.1, 0.15) is 0 Å². The molecular formula is C46H44N4O8. The van der Waals surface area contributed by atoms with Crippen molar-refractivity contribution in [3.63, 3.8) is 0 Å². The van der Waals surface area contributed by atoms with Crippen LogP contribution in [0.15, 0.2) is 130 Å². The molecule has 2 aromatic rings. The molecule has 0 saturated carbocycles. The zero-order valence-corrected chi connectivity index (χ0v) is 33.3. The van der Waals surface area contributed by atoms with E-state index in [2.05, 4.69) is 20.5 Å². The van der Waals surface area contributed by atoms with Crippen LogP contribution >= 0.6 is 0 Å². The summed E-state index contributed by atoms with van der Waals surface area (Å²) in [6, 6.07) is 32.4. The number of carbonyl (C=O) groups excluding carboxylic acids is 4. The van der Waals surface area contributed by atoms with E-state index in [-0.39, 0.29) is 26.4 Å². The van der Waals surface area contributed by atoms with Gasteiger partial charge in [0.2, 0.25) is 0 Å². The van der Waals surface area contributed by atoms with Crippen molar-refractivity contribution in [2.24, 2.45) is 20.5 Å². The maximum Gasteiger partial charge on any atom is 0.338 e. The van der Waals surface area contributed by atoms with E-state index in [0.717, 1.165) is 22.5 Å². The molecule has 4 aliphatic carbocycles. The molecule has 0 unspecified atom stereocenters. The first kappa shape index (κ1) is 42.1. The van der Waals surface area contributed by atoms with Gasteiger partial charge in [-0.2, -0.15) is 20.5 Å². The molecule has 296 valence electrons. The summed E-state index contributed by atoms with van der Waals surface area (Å²) >= 11 is 0. The minimum atomic E-state index is -0.484. The third kappa shape index (κ3) is 10.6. The predicted octanol–water partition coefficient (Wildman–Crippen LogP) is 11.7. The average molecular weight is 781 g/mol. The largest absolute Gasteiger partial charge is 0.462 e. The summed E-state index contributed by atoms with van der Waals surface area (Å²) in [5.41, 5.74) is 8.63. The molecule has 6 rings (SSSR count). The highest BCUT2D eigenvalue weighted by Crippen LogP contribution is 2.36. The topological polar surface area (TPSA) is 155 Å². The van der Waals surface area contributed by atoms with Gasteiger partial charge in [0.05, 0.1) is 71.4 Å². The summed E-state index contributed by atoms with van der Waals surface area (Å²) in [6.07, 6.45) is 0. The number of hydrogen-bond donors (Lipinski definition) is 0. The average Bonchev–Trinajstić information content (AvgIpc) is 3.60. The van der Waals surface area contributed by atoms with Crippen LogP contribution in [0, 0.1) is 13.8 Å². The second-order valence-electron chi connectivity index (χ2n) is 12.7. The van der Waals surface area contributed by atoms with E-state index < -0.39 is 23.9 Å². The van der Waals surface area contributed by atoms with Gasteiger partial charge in [-0.25, -0.2) is 19.2 Å². The van der Waals surface area contributed by atoms with Crippen molar-refractivity contribution >= 4 is 46.6 Å². The van der Waals surface area contributed by atoms with Crippen LogP contribution < -0.4 is 0 Å². The molecule has 0 spiro atoms. The minimum absolute atomic E-state index is 0.245. The molecule has 0 radical (unpaired) electrons. The summed E-state index contributed by atoms with van der Waals surface area (Å²) in [5, 5.41) is 17.0. The number of nitrogens with zero attached hydrogens (tertiary/aromatic N) is 4. The molecule has 12 nitrogen and oxygen atoms in total. The number of azo groups is 2. The highest BCUT2D eigenvalue weighted by molar-refractivity contribution is 6.09. The zero-order chi connectivity index (χ0) is 41.6. The number of esters is 4. The van der Waals surface area contributed by atoms with Crippen LogP contribution in [-0.4, -0.2) is 50.3 Å². The van der Waals surface area contributed by atoms with Crippen molar-refractivity contribution < 1.29 is 38.1 Å². The lowest BCUT2D eigenvalue weighted by Gasteiger charge is -2.02. The van der Waals surface area contributed by atoms with E-state index in [1.807, 2.05) is 62.4 Å². The van der Waals surface area contributed by atoms with Gasteiger partial charge in [-0.1, -0.05) is 59.7 Å². The Hall–Kier alpha value is -7.08. The van der Waals surface area contributed by atoms with Crippen LogP contribution in [0.3, 0.4) is 0 Å². The van der Waals surface area contributed by atoms with Gasteiger partial charge in [-0.05, 0) is 124 Å². The Bertz CT molecular complexity index is 2110. The van der Waals surface area contributed by atoms with Crippen molar-refractivity contribution in [3.05, 3.63) is 143 Å². The van der Waals surface area contributed by atoms with Crippen LogP contribution in [0.1, 0.15) is 80.3 Å². The molecule has 4 aliphatic rings. The molecule has 0 amide bonds. The van der Waals surface area contributed by atoms with Gasteiger partial charge < -0.3 is 18.9 Å². The van der Waals surface area contributed by atoms with Crippen LogP contribution in [-0.2, 0) is 18.9 Å². The molecule has 0 bridgehead atoms. The highest BCUT2D eigenvalue weighted by atomic mass is 16.5. The number of carbonyl (C=O) groups is 4. The number of benzene rings is 2. The van der Waals surface area contributed by atoms with E-state index in [0.29, 0.717) is 55.9 Å². The first-order valence-corrected chi connectivity index (χ1v) is 18.9. The highest BCUT2D eigenvalue weighted by Gasteiger charge is 2.26. The lowest BCUT2D eigenvalue weighted by molar-refractivity contribution is 0.0511. The quantitative estimate of drug-likeness (QED) is 0.0675. The fourth-order valence-electron chi connectivity index (χ4n) is 5.78. The predicted molar refractivity (Wildman–Crippen MR) is 221 cm³/mol. The molecule has 2 aromatic carbocycles. The minimum Gasteiger partial charge on any atom is -0.462 e. The third-order valence-corrected chi connectivity index (χ3v) is 8.61. The summed E-state index contributed by atoms with van der Waals surface area (Å²) in [7, 11) is 0. The van der Waals surface area contributed by atoms with Gasteiger partial charge in [0, 0.05) is 0 Å². The molecule has 0 saturated heterocycles. The van der Waals surface area contributed by atoms with Crippen LogP contribution in [0.2, 0.25) is 0 Å². The van der Waals surface area contributed by atoms with Crippen molar-refractivity contribution in [2.75, 3.05) is 26.4 Å². The fourth-order valence-corrected chi connectivity index (χ4v) is 5.78. The second kappa shape index (κ2) is 20.2.